The molecule has 1 N–H and O–H groups in total. The Kier molecular flexibility index (Phi) is 7.50. The quantitative estimate of drug-likeness (QED) is 0.740. The van der Waals surface area contributed by atoms with Gasteiger partial charge in [0.2, 0.25) is 12.0 Å². The van der Waals surface area contributed by atoms with Gasteiger partial charge >= 0.3 is 18.1 Å². The van der Waals surface area contributed by atoms with Crippen LogP contribution in [0.15, 0.2) is 0 Å². The lowest BCUT2D eigenvalue weighted by atomic mass is 9.88. The van der Waals surface area contributed by atoms with E-state index in [9.17, 15) is 27.6 Å². The van der Waals surface area contributed by atoms with Gasteiger partial charge in [-0.05, 0) is 19.8 Å². The molecule has 1 fully saturated rings. The van der Waals surface area contributed by atoms with E-state index >= 15 is 0 Å². The predicted octanol–water partition coefficient (Wildman–Crippen LogP) is 2.11. The van der Waals surface area contributed by atoms with E-state index in [1.807, 2.05) is 0 Å². The van der Waals surface area contributed by atoms with E-state index in [2.05, 4.69) is 14.8 Å². The molecule has 1 aliphatic rings. The number of carbonyl (C=O) groups is 3. The van der Waals surface area contributed by atoms with E-state index < -0.39 is 36.7 Å². The molecule has 6 nitrogen and oxygen atoms in total. The molecule has 0 aromatic carbocycles. The smallest absolute Gasteiger partial charge is 0.393 e. The van der Waals surface area contributed by atoms with E-state index in [4.69, 9.17) is 0 Å². The van der Waals surface area contributed by atoms with Crippen LogP contribution in [0.2, 0.25) is 0 Å². The van der Waals surface area contributed by atoms with Gasteiger partial charge in [-0.25, -0.2) is 9.59 Å². The second kappa shape index (κ2) is 8.89. The minimum absolute atomic E-state index is 0.208. The molecule has 0 aliphatic heterocycles. The van der Waals surface area contributed by atoms with Gasteiger partial charge in [0.1, 0.15) is 6.04 Å². The predicted molar refractivity (Wildman–Crippen MR) is 76.7 cm³/mol. The van der Waals surface area contributed by atoms with Crippen LogP contribution in [0.1, 0.15) is 45.4 Å². The Labute approximate surface area is 138 Å². The molecule has 1 saturated carbocycles. The van der Waals surface area contributed by atoms with E-state index in [0.29, 0.717) is 12.8 Å². The topological polar surface area (TPSA) is 81.7 Å². The number of hydrogen-bond acceptors (Lipinski definition) is 5. The lowest BCUT2D eigenvalue weighted by Crippen LogP contribution is -2.45. The third kappa shape index (κ3) is 6.76. The number of rotatable bonds is 6. The van der Waals surface area contributed by atoms with Crippen molar-refractivity contribution in [3.8, 4) is 0 Å². The summed E-state index contributed by atoms with van der Waals surface area (Å²) in [7, 11) is 0.897. The van der Waals surface area contributed by atoms with Gasteiger partial charge in [0.15, 0.2) is 0 Å². The molecule has 2 atom stereocenters. The molecule has 0 bridgehead atoms. The average Bonchev–Trinajstić information content (AvgIpc) is 2.52. The average molecular weight is 353 g/mol. The van der Waals surface area contributed by atoms with Gasteiger partial charge in [-0.1, -0.05) is 19.3 Å². The molecule has 0 aromatic rings. The first kappa shape index (κ1) is 20.2. The van der Waals surface area contributed by atoms with Crippen LogP contribution in [0.4, 0.5) is 13.2 Å². The Morgan fingerprint density at radius 3 is 2.21 bits per heavy atom. The van der Waals surface area contributed by atoms with Gasteiger partial charge in [-0.15, -0.1) is 0 Å². The van der Waals surface area contributed by atoms with E-state index in [1.165, 1.54) is 6.92 Å². The molecule has 0 heterocycles. The summed E-state index contributed by atoms with van der Waals surface area (Å²) in [6.45, 7) is 1.30. The van der Waals surface area contributed by atoms with Crippen LogP contribution in [-0.4, -0.2) is 43.3 Å². The summed E-state index contributed by atoms with van der Waals surface area (Å²) in [5.41, 5.74) is 0. The number of esters is 2. The highest BCUT2D eigenvalue weighted by Gasteiger charge is 2.39. The van der Waals surface area contributed by atoms with Gasteiger partial charge < -0.3 is 14.8 Å². The van der Waals surface area contributed by atoms with Crippen molar-refractivity contribution in [3.05, 3.63) is 0 Å². The minimum atomic E-state index is -4.70. The third-order valence-corrected chi connectivity index (χ3v) is 3.83. The number of alkyl halides is 3. The second-order valence-corrected chi connectivity index (χ2v) is 5.83. The van der Waals surface area contributed by atoms with Crippen LogP contribution >= 0.6 is 0 Å². The molecule has 2 unspecified atom stereocenters. The monoisotopic (exact) mass is 353 g/mol. The van der Waals surface area contributed by atoms with Crippen molar-refractivity contribution >= 4 is 17.8 Å². The van der Waals surface area contributed by atoms with Crippen LogP contribution in [0.3, 0.4) is 0 Å². The number of nitrogens with one attached hydrogen (secondary N) is 1. The largest absolute Gasteiger partial charge is 0.466 e. The Balaban J connectivity index is 2.58. The van der Waals surface area contributed by atoms with Gasteiger partial charge in [0.05, 0.1) is 13.5 Å². The summed E-state index contributed by atoms with van der Waals surface area (Å²) in [6, 6.07) is -1.15. The highest BCUT2D eigenvalue weighted by atomic mass is 19.4. The van der Waals surface area contributed by atoms with Crippen LogP contribution < -0.4 is 5.32 Å². The molecule has 24 heavy (non-hydrogen) atoms. The molecule has 0 aromatic heterocycles. The first-order valence-electron chi connectivity index (χ1n) is 7.79. The first-order chi connectivity index (χ1) is 11.1. The maximum Gasteiger partial charge on any atom is 0.393 e. The molecule has 9 heteroatoms. The molecule has 0 radical (unpaired) electrons. The van der Waals surface area contributed by atoms with Crippen molar-refractivity contribution in [2.45, 2.75) is 63.8 Å². The van der Waals surface area contributed by atoms with Gasteiger partial charge in [0.25, 0.3) is 0 Å². The molecule has 0 saturated heterocycles. The lowest BCUT2D eigenvalue weighted by Gasteiger charge is -2.24. The number of methoxy groups -OCH3 is 1. The van der Waals surface area contributed by atoms with Gasteiger partial charge in [-0.3, -0.25) is 4.79 Å². The molecule has 1 rings (SSSR count). The zero-order valence-corrected chi connectivity index (χ0v) is 13.6. The van der Waals surface area contributed by atoms with Crippen molar-refractivity contribution in [1.29, 1.82) is 0 Å². The Morgan fingerprint density at radius 1 is 1.12 bits per heavy atom. The highest BCUT2D eigenvalue weighted by molar-refractivity contribution is 5.87. The maximum absolute atomic E-state index is 12.4. The van der Waals surface area contributed by atoms with Crippen LogP contribution in [0.5, 0.6) is 0 Å². The Morgan fingerprint density at radius 2 is 1.71 bits per heavy atom. The van der Waals surface area contributed by atoms with Crippen LogP contribution in [0, 0.1) is 5.92 Å². The molecule has 1 amide bonds. The normalized spacial score (nSPS) is 18.4. The fraction of sp³-hybridized carbons (Fsp3) is 0.800. The SMILES string of the molecule is COC(=O)C(CC(F)(F)F)OC(=O)C(C)NC(=O)C1CCCCC1. The second-order valence-electron chi connectivity index (χ2n) is 5.83. The van der Waals surface area contributed by atoms with Gasteiger partial charge in [0, 0.05) is 5.92 Å². The zero-order valence-electron chi connectivity index (χ0n) is 13.6. The summed E-state index contributed by atoms with van der Waals surface area (Å²) >= 11 is 0. The summed E-state index contributed by atoms with van der Waals surface area (Å²) < 4.78 is 46.1. The van der Waals surface area contributed by atoms with Crippen molar-refractivity contribution in [2.75, 3.05) is 7.11 Å². The van der Waals surface area contributed by atoms with Crippen molar-refractivity contribution in [1.82, 2.24) is 5.32 Å². The number of carbonyl (C=O) groups excluding carboxylic acids is 3. The summed E-state index contributed by atoms with van der Waals surface area (Å²) in [4.78, 5) is 35.2. The molecule has 138 valence electrons. The first-order valence-corrected chi connectivity index (χ1v) is 7.79. The molecule has 1 aliphatic carbocycles. The molecular weight excluding hydrogens is 331 g/mol. The van der Waals surface area contributed by atoms with Crippen molar-refractivity contribution < 1.29 is 37.0 Å². The number of hydrogen-bond donors (Lipinski definition) is 1. The highest BCUT2D eigenvalue weighted by Crippen LogP contribution is 2.25. The van der Waals surface area contributed by atoms with Gasteiger partial charge in [-0.2, -0.15) is 13.2 Å². The standard InChI is InChI=1S/C15H22F3NO5/c1-9(19-12(20)10-6-4-3-5-7-10)13(21)24-11(14(22)23-2)8-15(16,17)18/h9-11H,3-8H2,1-2H3,(H,19,20). The Bertz CT molecular complexity index is 461. The zero-order chi connectivity index (χ0) is 18.3. The number of amides is 1. The van der Waals surface area contributed by atoms with E-state index in [0.717, 1.165) is 26.4 Å². The third-order valence-electron chi connectivity index (χ3n) is 3.83. The van der Waals surface area contributed by atoms with Crippen LogP contribution in [-0.2, 0) is 23.9 Å². The molecular formula is C15H22F3NO5. The van der Waals surface area contributed by atoms with E-state index in [-0.39, 0.29) is 11.8 Å². The number of halogens is 3. The summed E-state index contributed by atoms with van der Waals surface area (Å²) in [5, 5.41) is 2.43. The van der Waals surface area contributed by atoms with Crippen molar-refractivity contribution in [2.24, 2.45) is 5.92 Å². The fourth-order valence-electron chi connectivity index (χ4n) is 2.51. The lowest BCUT2D eigenvalue weighted by molar-refractivity contribution is -0.188. The number of ether oxygens (including phenoxy) is 2. The summed E-state index contributed by atoms with van der Waals surface area (Å²) in [5.74, 6) is -2.95. The fourth-order valence-corrected chi connectivity index (χ4v) is 2.51. The van der Waals surface area contributed by atoms with Crippen molar-refractivity contribution in [3.63, 3.8) is 0 Å². The molecule has 0 spiro atoms. The van der Waals surface area contributed by atoms with Crippen LogP contribution in [0.25, 0.3) is 0 Å². The summed E-state index contributed by atoms with van der Waals surface area (Å²) in [6.07, 6.45) is -4.10. The maximum atomic E-state index is 12.4. The minimum Gasteiger partial charge on any atom is -0.466 e. The Hall–Kier alpha value is -1.80. The van der Waals surface area contributed by atoms with E-state index in [1.54, 1.807) is 0 Å².